The van der Waals surface area contributed by atoms with Crippen LogP contribution >= 0.6 is 0 Å². The topological polar surface area (TPSA) is 142 Å². The smallest absolute Gasteiger partial charge is 0.278 e. The van der Waals surface area contributed by atoms with Crippen molar-refractivity contribution in [3.05, 3.63) is 59.1 Å². The van der Waals surface area contributed by atoms with E-state index in [-0.39, 0.29) is 5.57 Å². The summed E-state index contributed by atoms with van der Waals surface area (Å²) in [6.07, 6.45) is -1.99. The Labute approximate surface area is 183 Å². The standard InChI is InChI=1S/C22H24FNO8/c1-4-5-10-14(25)15(26)16-11(2)17(27)21(32-16)19(29)22(31-3,24-20(21)30)18(28)12-8-6-7-9-13(12)23/h5-10,14-15,19,25-26,29H,4H2,1-3H3,(H,24,30)/b10-5-/t14-,15-,19+,21+,22+/m0/s1. The van der Waals surface area contributed by atoms with Gasteiger partial charge in [0.15, 0.2) is 6.10 Å². The Balaban J connectivity index is 2.02. The van der Waals surface area contributed by atoms with Crippen LogP contribution in [0.15, 0.2) is 47.7 Å². The molecule has 1 fully saturated rings. The van der Waals surface area contributed by atoms with Gasteiger partial charge in [-0.2, -0.15) is 0 Å². The molecular weight excluding hydrogens is 425 g/mol. The van der Waals surface area contributed by atoms with Crippen LogP contribution in [-0.2, 0) is 19.1 Å². The largest absolute Gasteiger partial charge is 0.467 e. The molecule has 1 saturated heterocycles. The molecule has 2 aliphatic heterocycles. The molecule has 2 heterocycles. The lowest BCUT2D eigenvalue weighted by molar-refractivity contribution is -0.163. The fourth-order valence-corrected chi connectivity index (χ4v) is 3.86. The molecule has 1 aromatic rings. The minimum absolute atomic E-state index is 0.221. The second-order valence-electron chi connectivity index (χ2n) is 7.53. The third kappa shape index (κ3) is 3.27. The van der Waals surface area contributed by atoms with Crippen molar-refractivity contribution in [1.29, 1.82) is 0 Å². The van der Waals surface area contributed by atoms with E-state index in [2.05, 4.69) is 5.32 Å². The molecular formula is C22H24FNO8. The number of hydrogen-bond donors (Lipinski definition) is 4. The number of carbonyl (C=O) groups is 3. The molecule has 0 aromatic heterocycles. The summed E-state index contributed by atoms with van der Waals surface area (Å²) in [6, 6.07) is 4.87. The van der Waals surface area contributed by atoms with Crippen molar-refractivity contribution in [3.63, 3.8) is 0 Å². The summed E-state index contributed by atoms with van der Waals surface area (Å²) in [5, 5.41) is 33.8. The minimum Gasteiger partial charge on any atom is -0.467 e. The molecule has 9 nitrogen and oxygen atoms in total. The average Bonchev–Trinajstić information content (AvgIpc) is 3.18. The first-order valence-corrected chi connectivity index (χ1v) is 9.91. The first kappa shape index (κ1) is 23.7. The van der Waals surface area contributed by atoms with Crippen LogP contribution in [0.5, 0.6) is 0 Å². The Kier molecular flexibility index (Phi) is 6.34. The minimum atomic E-state index is -2.66. The number of ketones is 2. The Morgan fingerprint density at radius 2 is 2.00 bits per heavy atom. The number of ether oxygens (including phenoxy) is 2. The SMILES string of the molecule is CC/C=C\[C@H](O)[C@H](O)C1=C(C)C(=O)[C@]2(O1)C(=O)N[C@@](OC)(C(=O)c1ccccc1F)[C@@H]2O. The molecule has 0 aliphatic carbocycles. The third-order valence-electron chi connectivity index (χ3n) is 5.66. The van der Waals surface area contributed by atoms with E-state index in [1.165, 1.54) is 25.1 Å². The zero-order valence-electron chi connectivity index (χ0n) is 17.7. The highest BCUT2D eigenvalue weighted by Crippen LogP contribution is 2.44. The molecule has 10 heteroatoms. The van der Waals surface area contributed by atoms with E-state index in [9.17, 15) is 34.1 Å². The van der Waals surface area contributed by atoms with Gasteiger partial charge in [0, 0.05) is 12.7 Å². The second-order valence-corrected chi connectivity index (χ2v) is 7.53. The van der Waals surface area contributed by atoms with Crippen molar-refractivity contribution in [3.8, 4) is 0 Å². The van der Waals surface area contributed by atoms with Crippen LogP contribution in [0.2, 0.25) is 0 Å². The van der Waals surface area contributed by atoms with Crippen molar-refractivity contribution in [2.75, 3.05) is 7.11 Å². The number of halogens is 1. The summed E-state index contributed by atoms with van der Waals surface area (Å²) >= 11 is 0. The van der Waals surface area contributed by atoms with Crippen molar-refractivity contribution in [1.82, 2.24) is 5.32 Å². The van der Waals surface area contributed by atoms with Crippen molar-refractivity contribution in [2.45, 2.75) is 49.9 Å². The number of hydrogen-bond acceptors (Lipinski definition) is 8. The number of amides is 1. The summed E-state index contributed by atoms with van der Waals surface area (Å²) in [7, 11) is 0.996. The number of methoxy groups -OCH3 is 1. The zero-order valence-corrected chi connectivity index (χ0v) is 17.7. The van der Waals surface area contributed by atoms with Crippen LogP contribution < -0.4 is 5.32 Å². The molecule has 172 valence electrons. The molecule has 2 aliphatic rings. The Bertz CT molecular complexity index is 1020. The van der Waals surface area contributed by atoms with Gasteiger partial charge >= 0.3 is 0 Å². The van der Waals surface area contributed by atoms with E-state index in [1.807, 2.05) is 0 Å². The number of rotatable bonds is 7. The summed E-state index contributed by atoms with van der Waals surface area (Å²) in [5.41, 5.74) is -5.90. The van der Waals surface area contributed by atoms with Gasteiger partial charge in [0.05, 0.1) is 5.56 Å². The van der Waals surface area contributed by atoms with Crippen molar-refractivity contribution in [2.24, 2.45) is 0 Å². The number of carbonyl (C=O) groups excluding carboxylic acids is 3. The molecule has 0 bridgehead atoms. The van der Waals surface area contributed by atoms with Gasteiger partial charge in [-0.15, -0.1) is 0 Å². The normalized spacial score (nSPS) is 29.5. The van der Waals surface area contributed by atoms with E-state index in [0.29, 0.717) is 6.42 Å². The predicted molar refractivity (Wildman–Crippen MR) is 108 cm³/mol. The third-order valence-corrected chi connectivity index (χ3v) is 5.66. The Morgan fingerprint density at radius 3 is 2.59 bits per heavy atom. The fourth-order valence-electron chi connectivity index (χ4n) is 3.86. The van der Waals surface area contributed by atoms with Crippen LogP contribution in [0.1, 0.15) is 30.6 Å². The predicted octanol–water partition coefficient (Wildman–Crippen LogP) is 0.142. The van der Waals surface area contributed by atoms with Crippen LogP contribution in [0, 0.1) is 5.82 Å². The summed E-state index contributed by atoms with van der Waals surface area (Å²) in [5.74, 6) is -4.72. The number of aliphatic hydroxyl groups is 3. The molecule has 4 N–H and O–H groups in total. The highest BCUT2D eigenvalue weighted by Gasteiger charge is 2.74. The molecule has 32 heavy (non-hydrogen) atoms. The molecule has 1 spiro atoms. The van der Waals surface area contributed by atoms with E-state index < -0.39 is 64.3 Å². The van der Waals surface area contributed by atoms with Gasteiger partial charge < -0.3 is 30.1 Å². The van der Waals surface area contributed by atoms with E-state index in [0.717, 1.165) is 19.2 Å². The average molecular weight is 449 g/mol. The van der Waals surface area contributed by atoms with Crippen LogP contribution in [0.25, 0.3) is 0 Å². The van der Waals surface area contributed by atoms with E-state index in [1.54, 1.807) is 13.0 Å². The van der Waals surface area contributed by atoms with Crippen molar-refractivity contribution < 1.29 is 43.6 Å². The molecule has 1 aromatic carbocycles. The van der Waals surface area contributed by atoms with E-state index >= 15 is 0 Å². The van der Waals surface area contributed by atoms with E-state index in [4.69, 9.17) is 9.47 Å². The summed E-state index contributed by atoms with van der Waals surface area (Å²) in [6.45, 7) is 3.05. The fraction of sp³-hybridized carbons (Fsp3) is 0.409. The van der Waals surface area contributed by atoms with Crippen LogP contribution in [0.3, 0.4) is 0 Å². The van der Waals surface area contributed by atoms with Gasteiger partial charge in [-0.25, -0.2) is 4.39 Å². The molecule has 5 atom stereocenters. The van der Waals surface area contributed by atoms with Gasteiger partial charge in [-0.3, -0.25) is 14.4 Å². The maximum atomic E-state index is 14.2. The molecule has 0 saturated carbocycles. The number of aliphatic hydroxyl groups excluding tert-OH is 3. The van der Waals surface area contributed by atoms with Gasteiger partial charge in [-0.05, 0) is 25.5 Å². The van der Waals surface area contributed by atoms with Gasteiger partial charge in [0.25, 0.3) is 11.5 Å². The zero-order chi connectivity index (χ0) is 23.8. The van der Waals surface area contributed by atoms with Gasteiger partial charge in [-0.1, -0.05) is 31.2 Å². The van der Waals surface area contributed by atoms with Gasteiger partial charge in [0.1, 0.15) is 23.8 Å². The monoisotopic (exact) mass is 449 g/mol. The summed E-state index contributed by atoms with van der Waals surface area (Å²) in [4.78, 5) is 39.1. The van der Waals surface area contributed by atoms with Crippen LogP contribution in [-0.4, -0.2) is 69.5 Å². The van der Waals surface area contributed by atoms with Crippen molar-refractivity contribution >= 4 is 17.5 Å². The summed E-state index contributed by atoms with van der Waals surface area (Å²) < 4.78 is 24.9. The molecule has 1 amide bonds. The quantitative estimate of drug-likeness (QED) is 0.262. The number of allylic oxidation sites excluding steroid dienone is 1. The highest BCUT2D eigenvalue weighted by atomic mass is 19.1. The first-order chi connectivity index (χ1) is 15.1. The molecule has 0 radical (unpaired) electrons. The van der Waals surface area contributed by atoms with Gasteiger partial charge in [0.2, 0.25) is 17.3 Å². The molecule has 0 unspecified atom stereocenters. The highest BCUT2D eigenvalue weighted by molar-refractivity contribution is 6.23. The Hall–Kier alpha value is -2.92. The lowest BCUT2D eigenvalue weighted by Crippen LogP contribution is -2.61. The second kappa shape index (κ2) is 8.55. The number of nitrogens with one attached hydrogen (secondary N) is 1. The lowest BCUT2D eigenvalue weighted by Gasteiger charge is -2.32. The Morgan fingerprint density at radius 1 is 1.34 bits per heavy atom. The first-order valence-electron chi connectivity index (χ1n) is 9.91. The molecule has 3 rings (SSSR count). The maximum absolute atomic E-state index is 14.2. The van der Waals surface area contributed by atoms with Crippen LogP contribution in [0.4, 0.5) is 4.39 Å². The maximum Gasteiger partial charge on any atom is 0.278 e. The number of benzene rings is 1. The lowest BCUT2D eigenvalue weighted by atomic mass is 9.85. The number of Topliss-reactive ketones (excluding diaryl/α,β-unsaturated/α-hetero) is 2.